The van der Waals surface area contributed by atoms with Gasteiger partial charge in [0.25, 0.3) is 5.91 Å². The number of hydroxylamine groups is 1. The Bertz CT molecular complexity index is 199. The maximum atomic E-state index is 10.9. The highest BCUT2D eigenvalue weighted by Gasteiger charge is 1.99. The Morgan fingerprint density at radius 3 is 2.62 bits per heavy atom. The molecule has 13 heavy (non-hydrogen) atoms. The van der Waals surface area contributed by atoms with Gasteiger partial charge in [0.2, 0.25) is 0 Å². The molecule has 0 aliphatic rings. The number of unbranched alkanes of at least 4 members (excludes halogenated alkanes) is 1. The van der Waals surface area contributed by atoms with Gasteiger partial charge < -0.3 is 4.84 Å². The molecule has 1 N–H and O–H groups in total. The van der Waals surface area contributed by atoms with Gasteiger partial charge in [0, 0.05) is 12.5 Å². The highest BCUT2D eigenvalue weighted by atomic mass is 16.7. The molecule has 0 rings (SSSR count). The van der Waals surface area contributed by atoms with Crippen LogP contribution >= 0.6 is 0 Å². The molecule has 0 bridgehead atoms. The lowest BCUT2D eigenvalue weighted by Crippen LogP contribution is -2.24. The Hall–Kier alpha value is -1.32. The summed E-state index contributed by atoms with van der Waals surface area (Å²) < 4.78 is 0. The molecule has 4 nitrogen and oxygen atoms in total. The summed E-state index contributed by atoms with van der Waals surface area (Å²) >= 11 is 0. The first kappa shape index (κ1) is 11.7. The molecular formula is C9H15NO3. The summed E-state index contributed by atoms with van der Waals surface area (Å²) in [7, 11) is 0. The normalized spacial score (nSPS) is 10.0. The van der Waals surface area contributed by atoms with Crippen LogP contribution in [0, 0.1) is 0 Å². The highest BCUT2D eigenvalue weighted by Crippen LogP contribution is 1.88. The zero-order valence-corrected chi connectivity index (χ0v) is 8.00. The number of hydrogen-bond donors (Lipinski definition) is 1. The Labute approximate surface area is 77.9 Å². The monoisotopic (exact) mass is 185 g/mol. The third kappa shape index (κ3) is 7.05. The fourth-order valence-electron chi connectivity index (χ4n) is 0.570. The number of amides is 1. The first-order chi connectivity index (χ1) is 6.20. The van der Waals surface area contributed by atoms with Gasteiger partial charge in [-0.25, -0.2) is 4.79 Å². The third-order valence-corrected chi connectivity index (χ3v) is 1.28. The number of allylic oxidation sites excluding steroid dienone is 1. The summed E-state index contributed by atoms with van der Waals surface area (Å²) in [6, 6.07) is 0. The number of hydrogen-bond acceptors (Lipinski definition) is 3. The average Bonchev–Trinajstić information content (AvgIpc) is 2.14. The smallest absolute Gasteiger partial charge is 0.331 e. The van der Waals surface area contributed by atoms with Crippen LogP contribution in [0.15, 0.2) is 12.2 Å². The summed E-state index contributed by atoms with van der Waals surface area (Å²) in [5.41, 5.74) is 2.02. The van der Waals surface area contributed by atoms with Crippen LogP contribution in [0.2, 0.25) is 0 Å². The van der Waals surface area contributed by atoms with Gasteiger partial charge in [0.15, 0.2) is 0 Å². The van der Waals surface area contributed by atoms with Crippen LogP contribution in [0.1, 0.15) is 33.1 Å². The summed E-state index contributed by atoms with van der Waals surface area (Å²) in [5, 5.41) is 0. The van der Waals surface area contributed by atoms with Crippen molar-refractivity contribution in [3.63, 3.8) is 0 Å². The van der Waals surface area contributed by atoms with Crippen molar-refractivity contribution in [3.8, 4) is 0 Å². The zero-order chi connectivity index (χ0) is 10.1. The van der Waals surface area contributed by atoms with E-state index >= 15 is 0 Å². The molecule has 0 spiro atoms. The van der Waals surface area contributed by atoms with E-state index in [9.17, 15) is 9.59 Å². The minimum absolute atomic E-state index is 0.249. The van der Waals surface area contributed by atoms with E-state index < -0.39 is 11.9 Å². The molecule has 0 aliphatic carbocycles. The van der Waals surface area contributed by atoms with Crippen LogP contribution in [-0.4, -0.2) is 11.9 Å². The molecule has 0 aromatic carbocycles. The van der Waals surface area contributed by atoms with E-state index in [1.165, 1.54) is 6.08 Å². The second-order valence-electron chi connectivity index (χ2n) is 2.48. The predicted molar refractivity (Wildman–Crippen MR) is 48.6 cm³/mol. The van der Waals surface area contributed by atoms with Crippen molar-refractivity contribution in [1.29, 1.82) is 0 Å². The van der Waals surface area contributed by atoms with Crippen LogP contribution in [0.3, 0.4) is 0 Å². The quantitative estimate of drug-likeness (QED) is 0.531. The molecule has 0 aromatic rings. The second kappa shape index (κ2) is 7.34. The van der Waals surface area contributed by atoms with Gasteiger partial charge in [0.05, 0.1) is 0 Å². The Morgan fingerprint density at radius 2 is 2.08 bits per heavy atom. The second-order valence-corrected chi connectivity index (χ2v) is 2.48. The summed E-state index contributed by atoms with van der Waals surface area (Å²) in [4.78, 5) is 25.8. The molecule has 0 aromatic heterocycles. The van der Waals surface area contributed by atoms with E-state index in [1.54, 1.807) is 13.0 Å². The van der Waals surface area contributed by atoms with Crippen molar-refractivity contribution in [2.45, 2.75) is 33.1 Å². The highest BCUT2D eigenvalue weighted by molar-refractivity contribution is 5.87. The molecular weight excluding hydrogens is 170 g/mol. The minimum atomic E-state index is -0.447. The van der Waals surface area contributed by atoms with Crippen molar-refractivity contribution in [1.82, 2.24) is 5.48 Å². The van der Waals surface area contributed by atoms with Crippen molar-refractivity contribution in [3.05, 3.63) is 12.2 Å². The van der Waals surface area contributed by atoms with E-state index in [4.69, 9.17) is 0 Å². The van der Waals surface area contributed by atoms with Crippen LogP contribution in [0.5, 0.6) is 0 Å². The molecule has 0 fully saturated rings. The molecule has 4 heteroatoms. The first-order valence-corrected chi connectivity index (χ1v) is 4.36. The van der Waals surface area contributed by atoms with E-state index in [-0.39, 0.29) is 6.42 Å². The average molecular weight is 185 g/mol. The van der Waals surface area contributed by atoms with Crippen LogP contribution in [0.25, 0.3) is 0 Å². The van der Waals surface area contributed by atoms with Gasteiger partial charge in [-0.2, -0.15) is 5.48 Å². The lowest BCUT2D eigenvalue weighted by Gasteiger charge is -2.00. The number of nitrogens with one attached hydrogen (secondary N) is 1. The van der Waals surface area contributed by atoms with Gasteiger partial charge >= 0.3 is 5.97 Å². The van der Waals surface area contributed by atoms with Crippen LogP contribution < -0.4 is 5.48 Å². The Morgan fingerprint density at radius 1 is 1.38 bits per heavy atom. The molecule has 74 valence electrons. The van der Waals surface area contributed by atoms with Crippen molar-refractivity contribution in [2.75, 3.05) is 0 Å². The van der Waals surface area contributed by atoms with Crippen molar-refractivity contribution in [2.24, 2.45) is 0 Å². The molecule has 1 amide bonds. The van der Waals surface area contributed by atoms with Crippen molar-refractivity contribution < 1.29 is 14.4 Å². The van der Waals surface area contributed by atoms with Crippen LogP contribution in [0.4, 0.5) is 0 Å². The zero-order valence-electron chi connectivity index (χ0n) is 8.00. The largest absolute Gasteiger partial charge is 0.341 e. The summed E-state index contributed by atoms with van der Waals surface area (Å²) in [5.74, 6) is -0.854. The first-order valence-electron chi connectivity index (χ1n) is 4.36. The van der Waals surface area contributed by atoms with Gasteiger partial charge in [0.1, 0.15) is 0 Å². The SMILES string of the molecule is CCCC=CC(=O)NOC(=O)CC. The minimum Gasteiger partial charge on any atom is -0.341 e. The molecule has 0 heterocycles. The van der Waals surface area contributed by atoms with E-state index in [1.807, 2.05) is 12.4 Å². The predicted octanol–water partition coefficient (Wildman–Crippen LogP) is 1.33. The maximum absolute atomic E-state index is 10.9. The Kier molecular flexibility index (Phi) is 6.59. The van der Waals surface area contributed by atoms with Gasteiger partial charge in [-0.15, -0.1) is 0 Å². The van der Waals surface area contributed by atoms with Crippen LogP contribution in [-0.2, 0) is 14.4 Å². The summed E-state index contributed by atoms with van der Waals surface area (Å²) in [6.07, 6.45) is 5.16. The fourth-order valence-corrected chi connectivity index (χ4v) is 0.570. The van der Waals surface area contributed by atoms with Gasteiger partial charge in [-0.1, -0.05) is 26.3 Å². The topological polar surface area (TPSA) is 55.4 Å². The fraction of sp³-hybridized carbons (Fsp3) is 0.556. The summed E-state index contributed by atoms with van der Waals surface area (Å²) in [6.45, 7) is 3.67. The number of carbonyl (C=O) groups excluding carboxylic acids is 2. The number of rotatable bonds is 4. The standard InChI is InChI=1S/C9H15NO3/c1-3-5-6-7-8(11)10-13-9(12)4-2/h6-7H,3-5H2,1-2H3,(H,10,11). The molecule has 0 saturated carbocycles. The lowest BCUT2D eigenvalue weighted by molar-refractivity contribution is -0.156. The molecule has 0 radical (unpaired) electrons. The van der Waals surface area contributed by atoms with Gasteiger partial charge in [-0.05, 0) is 6.42 Å². The van der Waals surface area contributed by atoms with Crippen molar-refractivity contribution >= 4 is 11.9 Å². The lowest BCUT2D eigenvalue weighted by atomic mass is 10.3. The molecule has 0 atom stereocenters. The molecule has 0 unspecified atom stereocenters. The third-order valence-electron chi connectivity index (χ3n) is 1.28. The van der Waals surface area contributed by atoms with E-state index in [0.29, 0.717) is 0 Å². The molecule has 0 aliphatic heterocycles. The van der Waals surface area contributed by atoms with E-state index in [2.05, 4.69) is 4.84 Å². The Balaban J connectivity index is 3.57. The molecule has 0 saturated heterocycles. The van der Waals surface area contributed by atoms with Gasteiger partial charge in [-0.3, -0.25) is 4.79 Å². The maximum Gasteiger partial charge on any atom is 0.331 e. The van der Waals surface area contributed by atoms with E-state index in [0.717, 1.165) is 12.8 Å². The number of carbonyl (C=O) groups is 2.